The Bertz CT molecular complexity index is 359. The Morgan fingerprint density at radius 2 is 2.33 bits per heavy atom. The summed E-state index contributed by atoms with van der Waals surface area (Å²) < 4.78 is 0. The largest absolute Gasteiger partial charge is 0.311 e. The molecule has 2 atom stereocenters. The average molecular weight is 264 g/mol. The second kappa shape index (κ2) is 5.72. The van der Waals surface area contributed by atoms with Crippen LogP contribution in [0, 0.1) is 5.92 Å². The molecule has 3 rings (SSSR count). The van der Waals surface area contributed by atoms with E-state index in [4.69, 9.17) is 0 Å². The monoisotopic (exact) mass is 264 g/mol. The van der Waals surface area contributed by atoms with Crippen molar-refractivity contribution in [1.29, 1.82) is 0 Å². The van der Waals surface area contributed by atoms with E-state index >= 15 is 0 Å². The minimum atomic E-state index is 0.713. The molecule has 0 aromatic carbocycles. The van der Waals surface area contributed by atoms with E-state index < -0.39 is 0 Å². The molecule has 1 aromatic heterocycles. The second-order valence-electron chi connectivity index (χ2n) is 5.81. The van der Waals surface area contributed by atoms with E-state index in [0.717, 1.165) is 12.0 Å². The van der Waals surface area contributed by atoms with Crippen LogP contribution in [0.3, 0.4) is 0 Å². The third-order valence-electron chi connectivity index (χ3n) is 4.28. The molecule has 0 radical (unpaired) electrons. The molecule has 0 bridgehead atoms. The summed E-state index contributed by atoms with van der Waals surface area (Å²) in [7, 11) is 0. The van der Waals surface area contributed by atoms with E-state index in [0.29, 0.717) is 6.04 Å². The van der Waals surface area contributed by atoms with Crippen molar-refractivity contribution in [3.05, 3.63) is 22.4 Å². The number of thiophene rings is 1. The molecule has 1 aliphatic carbocycles. The van der Waals surface area contributed by atoms with Crippen LogP contribution in [-0.2, 0) is 6.54 Å². The molecule has 0 amide bonds. The third-order valence-corrected chi connectivity index (χ3v) is 5.14. The minimum Gasteiger partial charge on any atom is -0.311 e. The van der Waals surface area contributed by atoms with Crippen LogP contribution in [0.4, 0.5) is 0 Å². The fraction of sp³-hybridized carbons (Fsp3) is 0.733. The molecule has 0 spiro atoms. The Labute approximate surface area is 114 Å². The van der Waals surface area contributed by atoms with E-state index in [1.165, 1.54) is 50.2 Å². The van der Waals surface area contributed by atoms with Crippen molar-refractivity contribution >= 4 is 11.3 Å². The van der Waals surface area contributed by atoms with Gasteiger partial charge in [-0.25, -0.2) is 0 Å². The Hall–Kier alpha value is -0.380. The van der Waals surface area contributed by atoms with Crippen LogP contribution < -0.4 is 5.32 Å². The first-order valence-corrected chi connectivity index (χ1v) is 8.24. The Morgan fingerprint density at radius 3 is 3.00 bits per heavy atom. The maximum atomic E-state index is 3.76. The minimum absolute atomic E-state index is 0.713. The average Bonchev–Trinajstić information content (AvgIpc) is 3.08. The van der Waals surface area contributed by atoms with Gasteiger partial charge in [0.1, 0.15) is 0 Å². The lowest BCUT2D eigenvalue weighted by Crippen LogP contribution is -2.56. The summed E-state index contributed by atoms with van der Waals surface area (Å²) in [4.78, 5) is 4.28. The van der Waals surface area contributed by atoms with Crippen LogP contribution in [0.2, 0.25) is 0 Å². The maximum absolute atomic E-state index is 3.76. The highest BCUT2D eigenvalue weighted by molar-refractivity contribution is 7.09. The molecular formula is C15H24N2S. The molecule has 1 aromatic rings. The highest BCUT2D eigenvalue weighted by atomic mass is 32.1. The molecule has 1 saturated carbocycles. The normalized spacial score (nSPS) is 29.6. The van der Waals surface area contributed by atoms with E-state index in [-0.39, 0.29) is 0 Å². The first-order valence-electron chi connectivity index (χ1n) is 7.36. The Morgan fingerprint density at radius 1 is 1.44 bits per heavy atom. The summed E-state index contributed by atoms with van der Waals surface area (Å²) in [5.41, 5.74) is 0. The van der Waals surface area contributed by atoms with Gasteiger partial charge in [0.05, 0.1) is 0 Å². The van der Waals surface area contributed by atoms with Crippen molar-refractivity contribution < 1.29 is 0 Å². The lowest BCUT2D eigenvalue weighted by molar-refractivity contribution is 0.105. The first-order chi connectivity index (χ1) is 8.86. The Balaban J connectivity index is 1.64. The maximum Gasteiger partial charge on any atom is 0.0332 e. The van der Waals surface area contributed by atoms with Gasteiger partial charge in [0.25, 0.3) is 0 Å². The van der Waals surface area contributed by atoms with E-state index in [9.17, 15) is 0 Å². The molecule has 2 fully saturated rings. The molecule has 1 N–H and O–H groups in total. The molecule has 100 valence electrons. The molecule has 1 saturated heterocycles. The predicted octanol–water partition coefficient (Wildman–Crippen LogP) is 3.10. The zero-order chi connectivity index (χ0) is 12.4. The van der Waals surface area contributed by atoms with Gasteiger partial charge >= 0.3 is 0 Å². The van der Waals surface area contributed by atoms with Gasteiger partial charge < -0.3 is 5.32 Å². The molecule has 18 heavy (non-hydrogen) atoms. The molecule has 3 heteroatoms. The topological polar surface area (TPSA) is 15.3 Å². The van der Waals surface area contributed by atoms with Gasteiger partial charge in [0.2, 0.25) is 0 Å². The molecule has 2 heterocycles. The van der Waals surface area contributed by atoms with Gasteiger partial charge in [-0.1, -0.05) is 19.4 Å². The molecule has 2 unspecified atom stereocenters. The van der Waals surface area contributed by atoms with Gasteiger partial charge in [-0.15, -0.1) is 11.3 Å². The molecule has 2 aliphatic rings. The van der Waals surface area contributed by atoms with Crippen molar-refractivity contribution in [1.82, 2.24) is 10.2 Å². The number of hydrogen-bond acceptors (Lipinski definition) is 3. The number of piperazine rings is 1. The number of nitrogens with one attached hydrogen (secondary N) is 1. The Kier molecular flexibility index (Phi) is 4.02. The van der Waals surface area contributed by atoms with Crippen LogP contribution in [0.15, 0.2) is 17.5 Å². The van der Waals surface area contributed by atoms with E-state index in [1.54, 1.807) is 0 Å². The third kappa shape index (κ3) is 2.95. The van der Waals surface area contributed by atoms with Gasteiger partial charge in [-0.05, 0) is 36.6 Å². The second-order valence-corrected chi connectivity index (χ2v) is 6.84. The summed E-state index contributed by atoms with van der Waals surface area (Å²) in [5.74, 6) is 0.972. The molecule has 2 nitrogen and oxygen atoms in total. The van der Waals surface area contributed by atoms with Crippen LogP contribution in [0.5, 0.6) is 0 Å². The molecular weight excluding hydrogens is 240 g/mol. The quantitative estimate of drug-likeness (QED) is 0.879. The number of hydrogen-bond donors (Lipinski definition) is 1. The van der Waals surface area contributed by atoms with Gasteiger partial charge in [-0.3, -0.25) is 4.90 Å². The number of rotatable bonds is 5. The number of nitrogens with zero attached hydrogens (tertiary/aromatic N) is 1. The van der Waals surface area contributed by atoms with Gasteiger partial charge in [0, 0.05) is 36.6 Å². The van der Waals surface area contributed by atoms with Crippen LogP contribution in [0.1, 0.15) is 37.5 Å². The lowest BCUT2D eigenvalue weighted by atomic mass is 10.0. The summed E-state index contributed by atoms with van der Waals surface area (Å²) in [6.45, 7) is 5.91. The highest BCUT2D eigenvalue weighted by Crippen LogP contribution is 2.37. The summed E-state index contributed by atoms with van der Waals surface area (Å²) in [5, 5.41) is 5.96. The first kappa shape index (κ1) is 12.6. The summed E-state index contributed by atoms with van der Waals surface area (Å²) in [6, 6.07) is 5.97. The zero-order valence-electron chi connectivity index (χ0n) is 11.3. The van der Waals surface area contributed by atoms with Crippen LogP contribution >= 0.6 is 11.3 Å². The summed E-state index contributed by atoms with van der Waals surface area (Å²) >= 11 is 1.90. The van der Waals surface area contributed by atoms with Gasteiger partial charge in [0.15, 0.2) is 0 Å². The van der Waals surface area contributed by atoms with Crippen LogP contribution in [-0.4, -0.2) is 30.1 Å². The predicted molar refractivity (Wildman–Crippen MR) is 77.9 cm³/mol. The van der Waals surface area contributed by atoms with Crippen molar-refractivity contribution in [3.63, 3.8) is 0 Å². The SMILES string of the molecule is CCCC1CN(Cc2cccs2)C(C2CC2)CN1. The van der Waals surface area contributed by atoms with Crippen molar-refractivity contribution in [2.45, 2.75) is 51.2 Å². The standard InChI is InChI=1S/C15H24N2S/c1-2-4-13-10-17(11-14-5-3-8-18-14)15(9-16-13)12-6-7-12/h3,5,8,12-13,15-16H,2,4,6-7,9-11H2,1H3. The smallest absolute Gasteiger partial charge is 0.0332 e. The fourth-order valence-electron chi connectivity index (χ4n) is 3.17. The highest BCUT2D eigenvalue weighted by Gasteiger charge is 2.38. The van der Waals surface area contributed by atoms with Crippen molar-refractivity contribution in [2.24, 2.45) is 5.92 Å². The van der Waals surface area contributed by atoms with Crippen LogP contribution in [0.25, 0.3) is 0 Å². The zero-order valence-corrected chi connectivity index (χ0v) is 12.1. The van der Waals surface area contributed by atoms with E-state index in [1.807, 2.05) is 11.3 Å². The van der Waals surface area contributed by atoms with Crippen molar-refractivity contribution in [3.8, 4) is 0 Å². The fourth-order valence-corrected chi connectivity index (χ4v) is 3.90. The van der Waals surface area contributed by atoms with Gasteiger partial charge in [-0.2, -0.15) is 0 Å². The van der Waals surface area contributed by atoms with Crippen molar-refractivity contribution in [2.75, 3.05) is 13.1 Å². The molecule has 1 aliphatic heterocycles. The summed E-state index contributed by atoms with van der Waals surface area (Å²) in [6.07, 6.45) is 5.51. The lowest BCUT2D eigenvalue weighted by Gasteiger charge is -2.40. The van der Waals surface area contributed by atoms with E-state index in [2.05, 4.69) is 34.7 Å².